The number of nitrogens with zero attached hydrogens (tertiary/aromatic N) is 1. The lowest BCUT2D eigenvalue weighted by Gasteiger charge is -2.28. The lowest BCUT2D eigenvalue weighted by Crippen LogP contribution is -2.49. The van der Waals surface area contributed by atoms with Crippen molar-refractivity contribution in [1.82, 2.24) is 10.2 Å². The summed E-state index contributed by atoms with van der Waals surface area (Å²) in [7, 11) is -2.45. The number of hydrogen-bond donors (Lipinski definition) is 4. The lowest BCUT2D eigenvalue weighted by molar-refractivity contribution is -0.142. The predicted molar refractivity (Wildman–Crippen MR) is 150 cm³/mol. The molecule has 0 radical (unpaired) electrons. The van der Waals surface area contributed by atoms with Gasteiger partial charge in [0.25, 0.3) is 0 Å². The molecule has 3 rings (SSSR count). The molecule has 6 N–H and O–H groups in total. The summed E-state index contributed by atoms with van der Waals surface area (Å²) < 4.78 is 31.6. The van der Waals surface area contributed by atoms with Gasteiger partial charge in [-0.1, -0.05) is 24.3 Å². The zero-order chi connectivity index (χ0) is 29.3. The van der Waals surface area contributed by atoms with Crippen molar-refractivity contribution in [3.05, 3.63) is 59.7 Å². The van der Waals surface area contributed by atoms with E-state index in [0.717, 1.165) is 5.56 Å². The predicted octanol–water partition coefficient (Wildman–Crippen LogP) is 1.37. The van der Waals surface area contributed by atoms with Crippen molar-refractivity contribution >= 4 is 33.3 Å². The van der Waals surface area contributed by atoms with Gasteiger partial charge < -0.3 is 26.4 Å². The molecule has 0 bridgehead atoms. The van der Waals surface area contributed by atoms with E-state index in [-0.39, 0.29) is 41.8 Å². The second kappa shape index (κ2) is 14.0. The number of methoxy groups -OCH3 is 1. The Hall–Kier alpha value is -3.77. The van der Waals surface area contributed by atoms with Gasteiger partial charge in [-0.2, -0.15) is 0 Å². The first kappa shape index (κ1) is 30.8. The van der Waals surface area contributed by atoms with Gasteiger partial charge in [0, 0.05) is 31.5 Å². The van der Waals surface area contributed by atoms with E-state index in [0.29, 0.717) is 43.7 Å². The molecular weight excluding hydrogens is 534 g/mol. The van der Waals surface area contributed by atoms with E-state index in [9.17, 15) is 22.8 Å². The number of hydrogen-bond acceptors (Lipinski definition) is 8. The number of amidine groups is 1. The van der Waals surface area contributed by atoms with Crippen molar-refractivity contribution in [2.75, 3.05) is 26.0 Å². The molecule has 216 valence electrons. The van der Waals surface area contributed by atoms with Gasteiger partial charge in [-0.15, -0.1) is 0 Å². The second-order valence-corrected chi connectivity index (χ2v) is 11.8. The number of carbonyl (C=O) groups is 3. The Bertz CT molecular complexity index is 1310. The van der Waals surface area contributed by atoms with E-state index >= 15 is 0 Å². The summed E-state index contributed by atoms with van der Waals surface area (Å²) in [5.74, 6) is -2.38. The summed E-state index contributed by atoms with van der Waals surface area (Å²) in [5, 5.41) is 10.3. The number of Topliss-reactive ketones (excluding diaryl/α,β-unsaturated/α-hetero) is 1. The maximum atomic E-state index is 13.7. The fourth-order valence-corrected chi connectivity index (χ4v) is 6.22. The van der Waals surface area contributed by atoms with E-state index in [1.165, 1.54) is 36.3 Å². The van der Waals surface area contributed by atoms with Crippen LogP contribution in [0.5, 0.6) is 5.75 Å². The second-order valence-electron chi connectivity index (χ2n) is 9.81. The highest BCUT2D eigenvalue weighted by molar-refractivity contribution is 7.91. The maximum Gasteiger partial charge on any atom is 0.243 e. The fraction of sp³-hybridized carbons (Fsp3) is 0.429. The number of sulfone groups is 1. The molecule has 0 saturated carbocycles. The molecule has 1 aliphatic heterocycles. The molecule has 2 amide bonds. The number of likely N-dealkylation sites (tertiary alicyclic amines) is 1. The Kier molecular flexibility index (Phi) is 10.8. The first-order valence-electron chi connectivity index (χ1n) is 13.2. The molecule has 0 spiro atoms. The molecule has 2 aromatic rings. The van der Waals surface area contributed by atoms with Gasteiger partial charge in [-0.25, -0.2) is 8.42 Å². The normalized spacial score (nSPS) is 15.8. The van der Waals surface area contributed by atoms with E-state index in [4.69, 9.17) is 21.6 Å². The zero-order valence-corrected chi connectivity index (χ0v) is 23.4. The van der Waals surface area contributed by atoms with Crippen LogP contribution in [0, 0.1) is 11.3 Å². The number of benzene rings is 2. The van der Waals surface area contributed by atoms with Crippen LogP contribution in [0.2, 0.25) is 0 Å². The van der Waals surface area contributed by atoms with Crippen LogP contribution in [-0.4, -0.2) is 68.7 Å². The molecule has 40 heavy (non-hydrogen) atoms. The van der Waals surface area contributed by atoms with E-state index < -0.39 is 33.5 Å². The van der Waals surface area contributed by atoms with E-state index in [1.807, 2.05) is 0 Å². The third-order valence-electron chi connectivity index (χ3n) is 6.89. The average molecular weight is 572 g/mol. The van der Waals surface area contributed by atoms with Crippen LogP contribution in [0.15, 0.2) is 53.4 Å². The SMILES string of the molecule is COc1ccc(S(=O)(=O)C[C@H](CC(=O)CCCN)C(=O)N2CCC[C@H]2C(=O)NCc2ccc(C(=N)N)cc2)cc1. The molecular formula is C28H37N5O6S. The van der Waals surface area contributed by atoms with Crippen LogP contribution in [0.1, 0.15) is 43.2 Å². The smallest absolute Gasteiger partial charge is 0.243 e. The van der Waals surface area contributed by atoms with Crippen LogP contribution < -0.4 is 21.5 Å². The average Bonchev–Trinajstić information content (AvgIpc) is 3.44. The highest BCUT2D eigenvalue weighted by Crippen LogP contribution is 2.26. The Morgan fingerprint density at radius 3 is 2.40 bits per heavy atom. The Balaban J connectivity index is 1.75. The number of amides is 2. The number of rotatable bonds is 14. The van der Waals surface area contributed by atoms with Crippen LogP contribution in [0.4, 0.5) is 0 Å². The molecule has 11 nitrogen and oxygen atoms in total. The largest absolute Gasteiger partial charge is 0.497 e. The number of nitrogen functional groups attached to an aromatic ring is 1. The van der Waals surface area contributed by atoms with Gasteiger partial charge >= 0.3 is 0 Å². The van der Waals surface area contributed by atoms with Gasteiger partial charge in [0.1, 0.15) is 23.4 Å². The van der Waals surface area contributed by atoms with Crippen molar-refractivity contribution in [1.29, 1.82) is 5.41 Å². The minimum atomic E-state index is -3.92. The maximum absolute atomic E-state index is 13.7. The quantitative estimate of drug-likeness (QED) is 0.193. The van der Waals surface area contributed by atoms with Crippen LogP contribution in [0.3, 0.4) is 0 Å². The molecule has 2 atom stereocenters. The van der Waals surface area contributed by atoms with Gasteiger partial charge in [0.2, 0.25) is 11.8 Å². The number of nitrogens with one attached hydrogen (secondary N) is 2. The Morgan fingerprint density at radius 2 is 1.80 bits per heavy atom. The number of carbonyl (C=O) groups excluding carboxylic acids is 3. The highest BCUT2D eigenvalue weighted by Gasteiger charge is 2.39. The standard InChI is InChI=1S/C28H37N5O6S/c1-39-23-10-12-24(13-11-23)40(37,38)18-21(16-22(34)4-2-14-29)28(36)33-15-3-5-25(33)27(35)32-17-19-6-8-20(9-7-19)26(30)31/h6-13,21,25H,2-5,14-18,29H2,1H3,(H3,30,31)(H,32,35)/t21-,25-/m0/s1. The number of ketones is 1. The number of ether oxygens (including phenoxy) is 1. The summed E-state index contributed by atoms with van der Waals surface area (Å²) in [5.41, 5.74) is 12.4. The van der Waals surface area contributed by atoms with Gasteiger partial charge in [-0.05, 0) is 55.6 Å². The monoisotopic (exact) mass is 571 g/mol. The minimum absolute atomic E-state index is 0.0204. The molecule has 1 fully saturated rings. The minimum Gasteiger partial charge on any atom is -0.497 e. The van der Waals surface area contributed by atoms with Gasteiger partial charge in [-0.3, -0.25) is 19.8 Å². The van der Waals surface area contributed by atoms with E-state index in [2.05, 4.69) is 5.32 Å². The van der Waals surface area contributed by atoms with Crippen molar-refractivity contribution in [3.63, 3.8) is 0 Å². The van der Waals surface area contributed by atoms with Crippen molar-refractivity contribution < 1.29 is 27.5 Å². The molecule has 1 saturated heterocycles. The zero-order valence-electron chi connectivity index (χ0n) is 22.6. The molecule has 12 heteroatoms. The summed E-state index contributed by atoms with van der Waals surface area (Å²) >= 11 is 0. The van der Waals surface area contributed by atoms with E-state index in [1.54, 1.807) is 24.3 Å². The molecule has 1 aliphatic rings. The van der Waals surface area contributed by atoms with Crippen LogP contribution in [-0.2, 0) is 30.8 Å². The Morgan fingerprint density at radius 1 is 1.12 bits per heavy atom. The van der Waals surface area contributed by atoms with Gasteiger partial charge in [0.05, 0.1) is 23.7 Å². The third-order valence-corrected chi connectivity index (χ3v) is 8.72. The summed E-state index contributed by atoms with van der Waals surface area (Å²) in [4.78, 5) is 40.9. The first-order valence-corrected chi connectivity index (χ1v) is 14.8. The Labute approximate surface area is 234 Å². The van der Waals surface area contributed by atoms with Crippen molar-refractivity contribution in [2.45, 2.75) is 49.6 Å². The molecule has 1 heterocycles. The summed E-state index contributed by atoms with van der Waals surface area (Å²) in [6.07, 6.45) is 1.35. The highest BCUT2D eigenvalue weighted by atomic mass is 32.2. The fourth-order valence-electron chi connectivity index (χ4n) is 4.68. The van der Waals surface area contributed by atoms with Crippen LogP contribution >= 0.6 is 0 Å². The molecule has 0 unspecified atom stereocenters. The molecule has 0 aliphatic carbocycles. The molecule has 0 aromatic heterocycles. The van der Waals surface area contributed by atoms with Crippen molar-refractivity contribution in [2.24, 2.45) is 17.4 Å². The molecule has 2 aromatic carbocycles. The van der Waals surface area contributed by atoms with Crippen molar-refractivity contribution in [3.8, 4) is 5.75 Å². The summed E-state index contributed by atoms with van der Waals surface area (Å²) in [6, 6.07) is 11.9. The van der Waals surface area contributed by atoms with Gasteiger partial charge in [0.15, 0.2) is 9.84 Å². The van der Waals surface area contributed by atoms with Crippen LogP contribution in [0.25, 0.3) is 0 Å². The summed E-state index contributed by atoms with van der Waals surface area (Å²) in [6.45, 7) is 0.809. The number of nitrogens with two attached hydrogens (primary N) is 2. The third kappa shape index (κ3) is 8.12. The first-order chi connectivity index (χ1) is 19.1. The topological polar surface area (TPSA) is 186 Å². The lowest BCUT2D eigenvalue weighted by atomic mass is 9.99.